The lowest BCUT2D eigenvalue weighted by Gasteiger charge is -2.21. The van der Waals surface area contributed by atoms with Gasteiger partial charge in [0.2, 0.25) is 5.91 Å². The molecule has 3 aromatic rings. The lowest BCUT2D eigenvalue weighted by atomic mass is 9.96. The Morgan fingerprint density at radius 1 is 1.16 bits per heavy atom. The molecule has 194 valence electrons. The molecule has 0 radical (unpaired) electrons. The van der Waals surface area contributed by atoms with Crippen molar-refractivity contribution in [2.75, 3.05) is 5.32 Å². The van der Waals surface area contributed by atoms with Gasteiger partial charge < -0.3 is 10.6 Å². The van der Waals surface area contributed by atoms with Crippen molar-refractivity contribution in [3.05, 3.63) is 59.8 Å². The van der Waals surface area contributed by atoms with E-state index in [-0.39, 0.29) is 61.3 Å². The van der Waals surface area contributed by atoms with Crippen LogP contribution in [0.2, 0.25) is 0 Å². The van der Waals surface area contributed by atoms with Gasteiger partial charge in [0.1, 0.15) is 6.17 Å². The minimum Gasteiger partial charge on any atom is -0.345 e. The van der Waals surface area contributed by atoms with E-state index in [2.05, 4.69) is 41.2 Å². The fourth-order valence-corrected chi connectivity index (χ4v) is 3.52. The third kappa shape index (κ3) is 7.85. The molecule has 2 amide bonds. The summed E-state index contributed by atoms with van der Waals surface area (Å²) >= 11 is 0. The molecule has 0 aromatic carbocycles. The molecular weight excluding hydrogens is 479 g/mol. The molecule has 0 fully saturated rings. The summed E-state index contributed by atoms with van der Waals surface area (Å²) < 4.78 is 17.3. The lowest BCUT2D eigenvalue weighted by molar-refractivity contribution is -0.115. The molecule has 1 unspecified atom stereocenters. The van der Waals surface area contributed by atoms with Crippen LogP contribution in [-0.2, 0) is 24.4 Å². The Kier molecular flexibility index (Phi) is 8.11. The number of halogens is 1. The highest BCUT2D eigenvalue weighted by atomic mass is 19.1. The number of dihydropyridines is 1. The van der Waals surface area contributed by atoms with Gasteiger partial charge in [0, 0.05) is 25.4 Å². The van der Waals surface area contributed by atoms with E-state index in [4.69, 9.17) is 0 Å². The van der Waals surface area contributed by atoms with Crippen LogP contribution in [0.1, 0.15) is 49.3 Å². The Labute approximate surface area is 213 Å². The monoisotopic (exact) mass is 508 g/mol. The summed E-state index contributed by atoms with van der Waals surface area (Å²) in [6.45, 7) is 4.52. The number of hydrogen-bond donors (Lipinski definition) is 2. The number of carbonyl (C=O) groups excluding carboxylic acids is 2. The molecule has 0 bridgehead atoms. The smallest absolute Gasteiger partial charge is 0.273 e. The predicted octanol–water partition coefficient (Wildman–Crippen LogP) is 2.13. The zero-order chi connectivity index (χ0) is 26.3. The molecular formula is C24H29FN10O2. The summed E-state index contributed by atoms with van der Waals surface area (Å²) in [6, 6.07) is 5.43. The molecule has 0 saturated carbocycles. The molecule has 37 heavy (non-hydrogen) atoms. The maximum absolute atomic E-state index is 14.5. The second-order valence-electron chi connectivity index (χ2n) is 9.36. The predicted molar refractivity (Wildman–Crippen MR) is 133 cm³/mol. The van der Waals surface area contributed by atoms with Gasteiger partial charge in [-0.15, -0.1) is 10.2 Å². The van der Waals surface area contributed by atoms with E-state index in [1.54, 1.807) is 24.5 Å². The van der Waals surface area contributed by atoms with Crippen LogP contribution in [0.25, 0.3) is 0 Å². The Morgan fingerprint density at radius 2 is 2.00 bits per heavy atom. The van der Waals surface area contributed by atoms with Crippen molar-refractivity contribution in [2.45, 2.75) is 64.5 Å². The second-order valence-corrected chi connectivity index (χ2v) is 9.36. The summed E-state index contributed by atoms with van der Waals surface area (Å²) in [4.78, 5) is 33.1. The Hall–Kier alpha value is -4.29. The molecule has 1 atom stereocenters. The maximum atomic E-state index is 14.5. The van der Waals surface area contributed by atoms with Gasteiger partial charge in [-0.05, 0) is 38.0 Å². The Morgan fingerprint density at radius 3 is 2.76 bits per heavy atom. The summed E-state index contributed by atoms with van der Waals surface area (Å²) in [5, 5.41) is 20.9. The molecule has 0 saturated heterocycles. The first-order chi connectivity index (χ1) is 17.8. The number of pyridine rings is 1. The fourth-order valence-electron chi connectivity index (χ4n) is 3.52. The average molecular weight is 509 g/mol. The number of rotatable bonds is 11. The number of hydrogen-bond acceptors (Lipinski definition) is 8. The molecule has 0 spiro atoms. The van der Waals surface area contributed by atoms with Crippen LogP contribution < -0.4 is 10.6 Å². The average Bonchev–Trinajstić information content (AvgIpc) is 3.53. The first kappa shape index (κ1) is 25.8. The van der Waals surface area contributed by atoms with Crippen LogP contribution in [0, 0.1) is 0 Å². The number of aliphatic imine (C=N–C) groups is 1. The van der Waals surface area contributed by atoms with Gasteiger partial charge in [-0.1, -0.05) is 22.6 Å². The lowest BCUT2D eigenvalue weighted by Crippen LogP contribution is -2.23. The van der Waals surface area contributed by atoms with E-state index in [1.807, 2.05) is 26.0 Å². The van der Waals surface area contributed by atoms with E-state index in [9.17, 15) is 14.0 Å². The largest absolute Gasteiger partial charge is 0.345 e. The minimum absolute atomic E-state index is 0.0398. The van der Waals surface area contributed by atoms with Crippen LogP contribution in [-0.4, -0.2) is 64.7 Å². The van der Waals surface area contributed by atoms with Crippen LogP contribution in [0.5, 0.6) is 0 Å². The molecule has 1 aliphatic heterocycles. The van der Waals surface area contributed by atoms with E-state index in [0.717, 1.165) is 17.7 Å². The van der Waals surface area contributed by atoms with Crippen molar-refractivity contribution in [2.24, 2.45) is 4.99 Å². The summed E-state index contributed by atoms with van der Waals surface area (Å²) in [5.41, 5.74) is 1.56. The summed E-state index contributed by atoms with van der Waals surface area (Å²) in [6.07, 6.45) is 8.16. The highest BCUT2D eigenvalue weighted by Crippen LogP contribution is 2.21. The minimum atomic E-state index is -1.25. The first-order valence-electron chi connectivity index (χ1n) is 11.9. The van der Waals surface area contributed by atoms with Crippen molar-refractivity contribution >= 4 is 23.8 Å². The zero-order valence-corrected chi connectivity index (χ0v) is 20.7. The van der Waals surface area contributed by atoms with Gasteiger partial charge in [0.15, 0.2) is 11.5 Å². The number of aryl methyl sites for hydroxylation is 1. The molecule has 2 N–H and O–H groups in total. The third-order valence-corrected chi connectivity index (χ3v) is 5.60. The zero-order valence-electron chi connectivity index (χ0n) is 20.7. The van der Waals surface area contributed by atoms with Gasteiger partial charge >= 0.3 is 0 Å². The topological polar surface area (TPSA) is 145 Å². The Balaban J connectivity index is 1.18. The number of aromatic nitrogens is 7. The van der Waals surface area contributed by atoms with Gasteiger partial charge in [0.05, 0.1) is 43.1 Å². The molecule has 4 heterocycles. The molecule has 12 nitrogen and oxygen atoms in total. The van der Waals surface area contributed by atoms with E-state index < -0.39 is 6.17 Å². The van der Waals surface area contributed by atoms with Crippen LogP contribution in [0.3, 0.4) is 0 Å². The number of nitrogens with zero attached hydrogens (tertiary/aromatic N) is 8. The van der Waals surface area contributed by atoms with E-state index >= 15 is 0 Å². The van der Waals surface area contributed by atoms with Crippen molar-refractivity contribution in [3.8, 4) is 0 Å². The fraction of sp³-hybridized carbons (Fsp3) is 0.417. The normalized spacial score (nSPS) is 15.2. The van der Waals surface area contributed by atoms with Gasteiger partial charge in [-0.3, -0.25) is 24.2 Å². The molecule has 4 rings (SSSR count). The van der Waals surface area contributed by atoms with Gasteiger partial charge in [-0.2, -0.15) is 0 Å². The molecule has 1 aliphatic rings. The van der Waals surface area contributed by atoms with E-state index in [1.165, 1.54) is 21.8 Å². The third-order valence-electron chi connectivity index (χ3n) is 5.60. The summed E-state index contributed by atoms with van der Waals surface area (Å²) in [7, 11) is 0. The second kappa shape index (κ2) is 11.6. The van der Waals surface area contributed by atoms with Crippen LogP contribution in [0.4, 0.5) is 10.2 Å². The van der Waals surface area contributed by atoms with Crippen molar-refractivity contribution in [1.29, 1.82) is 0 Å². The SMILES string of the molecule is CC1(C)CC=C(CC(=O)Nc2cn(CC(F)CCn3cc(C(=O)NCc4ccccn4)nn3)nn2)C=N1. The first-order valence-corrected chi connectivity index (χ1v) is 11.9. The number of nitrogens with one attached hydrogen (secondary N) is 2. The van der Waals surface area contributed by atoms with Gasteiger partial charge in [-0.25, -0.2) is 9.07 Å². The van der Waals surface area contributed by atoms with Crippen molar-refractivity contribution < 1.29 is 14.0 Å². The number of anilines is 1. The standard InChI is InChI=1S/C24H29FN10O2/c1-24(2)8-6-17(12-28-24)11-22(36)29-21-16-35(33-31-21)14-18(25)7-10-34-15-20(30-32-34)23(37)27-13-19-5-3-4-9-26-19/h3-6,9,12,15-16,18H,7-8,10-11,13-14H2,1-2H3,(H,27,37)(H,29,36). The van der Waals surface area contributed by atoms with Gasteiger partial charge in [0.25, 0.3) is 5.91 Å². The molecule has 0 aliphatic carbocycles. The number of carbonyl (C=O) groups is 2. The number of amides is 2. The Bertz CT molecular complexity index is 1280. The number of alkyl halides is 1. The molecule has 3 aromatic heterocycles. The van der Waals surface area contributed by atoms with Crippen LogP contribution in [0.15, 0.2) is 53.4 Å². The highest BCUT2D eigenvalue weighted by Gasteiger charge is 2.19. The maximum Gasteiger partial charge on any atom is 0.273 e. The van der Waals surface area contributed by atoms with E-state index in [0.29, 0.717) is 0 Å². The highest BCUT2D eigenvalue weighted by molar-refractivity contribution is 5.96. The quantitative estimate of drug-likeness (QED) is 0.404. The molecule has 13 heteroatoms. The van der Waals surface area contributed by atoms with Crippen molar-refractivity contribution in [1.82, 2.24) is 40.3 Å². The van der Waals surface area contributed by atoms with Crippen LogP contribution >= 0.6 is 0 Å². The van der Waals surface area contributed by atoms with Crippen molar-refractivity contribution in [3.63, 3.8) is 0 Å². The summed E-state index contributed by atoms with van der Waals surface area (Å²) in [5.74, 6) is -0.377.